The molecule has 92 valence electrons. The molecule has 1 rings (SSSR count). The van der Waals surface area contributed by atoms with E-state index in [0.717, 1.165) is 0 Å². The molecule has 0 radical (unpaired) electrons. The Labute approximate surface area is 108 Å². The van der Waals surface area contributed by atoms with Crippen molar-refractivity contribution in [2.75, 3.05) is 0 Å². The summed E-state index contributed by atoms with van der Waals surface area (Å²) in [5.74, 6) is 3.43. The Morgan fingerprint density at radius 3 is 2.00 bits per heavy atom. The highest BCUT2D eigenvalue weighted by Crippen LogP contribution is 2.09. The quantitative estimate of drug-likeness (QED) is 0.533. The highest BCUT2D eigenvalue weighted by Gasteiger charge is 2.19. The first kappa shape index (κ1) is 14.3. The lowest BCUT2D eigenvalue weighted by molar-refractivity contribution is 1.47. The zero-order valence-corrected chi connectivity index (χ0v) is 14.2. The standard InChI is InChI=1S/C15H24Si2/c1-13-8-9-14(10-11-16(2,3)4)15(12-13)17(5,6)7/h8-9,12H,1-7H3. The second-order valence-electron chi connectivity index (χ2n) is 6.80. The molecular weight excluding hydrogens is 236 g/mol. The fraction of sp³-hybridized carbons (Fsp3) is 0.467. The van der Waals surface area contributed by atoms with Crippen LogP contribution in [0.15, 0.2) is 18.2 Å². The Morgan fingerprint density at radius 1 is 0.941 bits per heavy atom. The molecule has 0 amide bonds. The third kappa shape index (κ3) is 4.53. The average Bonchev–Trinajstić information content (AvgIpc) is 2.13. The highest BCUT2D eigenvalue weighted by atomic mass is 28.3. The van der Waals surface area contributed by atoms with Crippen molar-refractivity contribution in [3.05, 3.63) is 29.3 Å². The fourth-order valence-corrected chi connectivity index (χ4v) is 3.77. The van der Waals surface area contributed by atoms with Gasteiger partial charge in [0.1, 0.15) is 8.07 Å². The molecule has 17 heavy (non-hydrogen) atoms. The van der Waals surface area contributed by atoms with Crippen LogP contribution in [0.4, 0.5) is 0 Å². The fourth-order valence-electron chi connectivity index (χ4n) is 1.64. The Hall–Kier alpha value is -0.786. The van der Waals surface area contributed by atoms with E-state index in [1.54, 1.807) is 0 Å². The predicted octanol–water partition coefficient (Wildman–Crippen LogP) is 3.77. The monoisotopic (exact) mass is 260 g/mol. The molecule has 0 aliphatic carbocycles. The molecule has 0 atom stereocenters. The van der Waals surface area contributed by atoms with Gasteiger partial charge in [0.2, 0.25) is 0 Å². The smallest absolute Gasteiger partial charge is 0.127 e. The third-order valence-corrected chi connectivity index (χ3v) is 5.46. The van der Waals surface area contributed by atoms with E-state index in [2.05, 4.69) is 75.9 Å². The van der Waals surface area contributed by atoms with E-state index in [1.807, 2.05) is 0 Å². The summed E-state index contributed by atoms with van der Waals surface area (Å²) in [4.78, 5) is 0. The molecule has 0 N–H and O–H groups in total. The van der Waals surface area contributed by atoms with E-state index in [9.17, 15) is 0 Å². The molecule has 1 aromatic carbocycles. The van der Waals surface area contributed by atoms with Crippen molar-refractivity contribution in [1.29, 1.82) is 0 Å². The van der Waals surface area contributed by atoms with Gasteiger partial charge < -0.3 is 0 Å². The Kier molecular flexibility index (Phi) is 4.06. The van der Waals surface area contributed by atoms with Crippen molar-refractivity contribution in [3.8, 4) is 11.5 Å². The van der Waals surface area contributed by atoms with Gasteiger partial charge in [-0.3, -0.25) is 0 Å². The number of rotatable bonds is 1. The third-order valence-electron chi connectivity index (χ3n) is 2.56. The summed E-state index contributed by atoms with van der Waals surface area (Å²) in [5.41, 5.74) is 6.09. The van der Waals surface area contributed by atoms with Crippen LogP contribution in [-0.2, 0) is 0 Å². The summed E-state index contributed by atoms with van der Waals surface area (Å²) >= 11 is 0. The van der Waals surface area contributed by atoms with Gasteiger partial charge in [0, 0.05) is 5.56 Å². The minimum atomic E-state index is -1.29. The summed E-state index contributed by atoms with van der Waals surface area (Å²) in [6.07, 6.45) is 0. The lowest BCUT2D eigenvalue weighted by Gasteiger charge is -2.19. The molecule has 0 aromatic heterocycles. The van der Waals surface area contributed by atoms with Crippen LogP contribution in [0.5, 0.6) is 0 Å². The zero-order chi connectivity index (χ0) is 13.3. The van der Waals surface area contributed by atoms with Gasteiger partial charge in [0.05, 0.1) is 8.07 Å². The Balaban J connectivity index is 3.29. The van der Waals surface area contributed by atoms with Crippen LogP contribution in [0.2, 0.25) is 39.3 Å². The first-order valence-electron chi connectivity index (χ1n) is 6.24. The molecule has 0 bridgehead atoms. The van der Waals surface area contributed by atoms with Crippen molar-refractivity contribution in [2.45, 2.75) is 46.2 Å². The van der Waals surface area contributed by atoms with E-state index >= 15 is 0 Å². The van der Waals surface area contributed by atoms with Crippen LogP contribution >= 0.6 is 0 Å². The number of hydrogen-bond donors (Lipinski definition) is 0. The summed E-state index contributed by atoms with van der Waals surface area (Å²) in [5, 5.41) is 1.50. The van der Waals surface area contributed by atoms with Crippen LogP contribution in [-0.4, -0.2) is 16.1 Å². The molecule has 0 saturated heterocycles. The molecular formula is C15H24Si2. The first-order valence-corrected chi connectivity index (χ1v) is 13.2. The van der Waals surface area contributed by atoms with Gasteiger partial charge in [-0.05, 0) is 18.2 Å². The van der Waals surface area contributed by atoms with Crippen molar-refractivity contribution < 1.29 is 0 Å². The van der Waals surface area contributed by atoms with Crippen LogP contribution in [0.1, 0.15) is 11.1 Å². The summed E-state index contributed by atoms with van der Waals surface area (Å²) in [7, 11) is -2.57. The van der Waals surface area contributed by atoms with E-state index in [-0.39, 0.29) is 0 Å². The van der Waals surface area contributed by atoms with Gasteiger partial charge in [-0.1, -0.05) is 62.9 Å². The summed E-state index contributed by atoms with van der Waals surface area (Å²) in [6, 6.07) is 6.72. The van der Waals surface area contributed by atoms with Crippen LogP contribution in [0, 0.1) is 18.4 Å². The molecule has 0 nitrogen and oxygen atoms in total. The van der Waals surface area contributed by atoms with Gasteiger partial charge in [0.15, 0.2) is 0 Å². The van der Waals surface area contributed by atoms with Crippen LogP contribution < -0.4 is 5.19 Å². The summed E-state index contributed by atoms with van der Waals surface area (Å²) in [6.45, 7) is 16.2. The number of benzene rings is 1. The van der Waals surface area contributed by atoms with Crippen molar-refractivity contribution in [2.24, 2.45) is 0 Å². The SMILES string of the molecule is Cc1ccc(C#C[Si](C)(C)C)c([Si](C)(C)C)c1. The topological polar surface area (TPSA) is 0 Å². The normalized spacial score (nSPS) is 11.9. The Bertz CT molecular complexity index is 462. The summed E-state index contributed by atoms with van der Waals surface area (Å²) < 4.78 is 0. The Morgan fingerprint density at radius 2 is 1.53 bits per heavy atom. The zero-order valence-electron chi connectivity index (χ0n) is 12.2. The van der Waals surface area contributed by atoms with Gasteiger partial charge in [0.25, 0.3) is 0 Å². The van der Waals surface area contributed by atoms with Gasteiger partial charge in [-0.2, -0.15) is 0 Å². The van der Waals surface area contributed by atoms with Crippen LogP contribution in [0.25, 0.3) is 0 Å². The van der Waals surface area contributed by atoms with Crippen molar-refractivity contribution >= 4 is 21.3 Å². The molecule has 2 heteroatoms. The molecule has 0 fully saturated rings. The van der Waals surface area contributed by atoms with E-state index < -0.39 is 16.1 Å². The molecule has 0 spiro atoms. The average molecular weight is 261 g/mol. The highest BCUT2D eigenvalue weighted by molar-refractivity contribution is 6.89. The first-order chi connectivity index (χ1) is 7.59. The van der Waals surface area contributed by atoms with Gasteiger partial charge >= 0.3 is 0 Å². The number of hydrogen-bond acceptors (Lipinski definition) is 0. The van der Waals surface area contributed by atoms with Crippen LogP contribution in [0.3, 0.4) is 0 Å². The molecule has 0 heterocycles. The molecule has 0 aliphatic rings. The largest absolute Gasteiger partial charge is 0.129 e. The molecule has 0 saturated carbocycles. The van der Waals surface area contributed by atoms with E-state index in [4.69, 9.17) is 0 Å². The molecule has 0 unspecified atom stereocenters. The maximum atomic E-state index is 3.48. The second-order valence-corrected chi connectivity index (χ2v) is 16.6. The minimum Gasteiger partial charge on any atom is -0.127 e. The lowest BCUT2D eigenvalue weighted by atomic mass is 10.1. The lowest BCUT2D eigenvalue weighted by Crippen LogP contribution is -2.39. The van der Waals surface area contributed by atoms with Gasteiger partial charge in [-0.15, -0.1) is 5.54 Å². The minimum absolute atomic E-state index is 1.26. The second kappa shape index (κ2) is 4.83. The van der Waals surface area contributed by atoms with Gasteiger partial charge in [-0.25, -0.2) is 0 Å². The maximum Gasteiger partial charge on any atom is 0.129 e. The van der Waals surface area contributed by atoms with Crippen molar-refractivity contribution in [1.82, 2.24) is 0 Å². The van der Waals surface area contributed by atoms with E-state index in [1.165, 1.54) is 16.3 Å². The molecule has 1 aromatic rings. The van der Waals surface area contributed by atoms with E-state index in [0.29, 0.717) is 0 Å². The maximum absolute atomic E-state index is 3.48. The number of aryl methyl sites for hydroxylation is 1. The van der Waals surface area contributed by atoms with Crippen molar-refractivity contribution in [3.63, 3.8) is 0 Å². The predicted molar refractivity (Wildman–Crippen MR) is 84.4 cm³/mol. The molecule has 0 aliphatic heterocycles.